The monoisotopic (exact) mass is 469 g/mol. The zero-order chi connectivity index (χ0) is 23.1. The highest BCUT2D eigenvalue weighted by Crippen LogP contribution is 2.17. The number of methoxy groups -OCH3 is 1. The standard InChI is InChI=1S/C20H27N3O6S2/c1-4-23(5-2)31(27,28)19-8-6-7-16(15-19)20(24)21-13-14-22-30(25,26)18-11-9-17(29-3)10-12-18/h6-12,15,22H,4-5,13-14H2,1-3H3,(H,21,24). The molecular formula is C20H27N3O6S2. The van der Waals surface area contributed by atoms with Crippen molar-refractivity contribution in [1.82, 2.24) is 14.3 Å². The molecule has 2 rings (SSSR count). The topological polar surface area (TPSA) is 122 Å². The lowest BCUT2D eigenvalue weighted by Crippen LogP contribution is -2.35. The molecule has 9 nitrogen and oxygen atoms in total. The second-order valence-corrected chi connectivity index (χ2v) is 10.2. The van der Waals surface area contributed by atoms with Gasteiger partial charge in [-0.1, -0.05) is 19.9 Å². The molecule has 0 radical (unpaired) electrons. The van der Waals surface area contributed by atoms with Crippen LogP contribution in [0.25, 0.3) is 0 Å². The summed E-state index contributed by atoms with van der Waals surface area (Å²) in [6.45, 7) is 4.13. The third kappa shape index (κ3) is 6.26. The minimum atomic E-state index is -3.73. The van der Waals surface area contributed by atoms with Gasteiger partial charge in [-0.15, -0.1) is 0 Å². The van der Waals surface area contributed by atoms with Crippen LogP contribution in [-0.2, 0) is 20.0 Å². The van der Waals surface area contributed by atoms with Crippen LogP contribution >= 0.6 is 0 Å². The van der Waals surface area contributed by atoms with Crippen molar-refractivity contribution < 1.29 is 26.4 Å². The maximum absolute atomic E-state index is 12.6. The summed E-state index contributed by atoms with van der Waals surface area (Å²) in [5.41, 5.74) is 0.172. The number of hydrogen-bond acceptors (Lipinski definition) is 6. The number of hydrogen-bond donors (Lipinski definition) is 2. The summed E-state index contributed by atoms with van der Waals surface area (Å²) in [4.78, 5) is 12.5. The van der Waals surface area contributed by atoms with Crippen LogP contribution < -0.4 is 14.8 Å². The molecule has 0 aliphatic heterocycles. The number of sulfonamides is 2. The van der Waals surface area contributed by atoms with Gasteiger partial charge in [0.1, 0.15) is 5.75 Å². The third-order valence-corrected chi connectivity index (χ3v) is 8.03. The van der Waals surface area contributed by atoms with Crippen molar-refractivity contribution >= 4 is 26.0 Å². The second-order valence-electron chi connectivity index (χ2n) is 6.45. The molecule has 2 N–H and O–H groups in total. The fraction of sp³-hybridized carbons (Fsp3) is 0.350. The summed E-state index contributed by atoms with van der Waals surface area (Å²) in [7, 11) is -5.93. The van der Waals surface area contributed by atoms with Gasteiger partial charge in [-0.05, 0) is 42.5 Å². The van der Waals surface area contributed by atoms with Crippen molar-refractivity contribution in [2.75, 3.05) is 33.3 Å². The van der Waals surface area contributed by atoms with Gasteiger partial charge in [0.05, 0.1) is 16.9 Å². The summed E-state index contributed by atoms with van der Waals surface area (Å²) < 4.78 is 58.5. The normalized spacial score (nSPS) is 12.0. The van der Waals surface area contributed by atoms with E-state index in [2.05, 4.69) is 10.0 Å². The number of carbonyl (C=O) groups excluding carboxylic acids is 1. The predicted molar refractivity (Wildman–Crippen MR) is 117 cm³/mol. The molecule has 170 valence electrons. The molecule has 0 fully saturated rings. The first kappa shape index (κ1) is 24.8. The van der Waals surface area contributed by atoms with E-state index < -0.39 is 26.0 Å². The van der Waals surface area contributed by atoms with Crippen LogP contribution in [-0.4, -0.2) is 60.3 Å². The van der Waals surface area contributed by atoms with E-state index in [1.165, 1.54) is 59.9 Å². The first-order chi connectivity index (χ1) is 14.7. The summed E-state index contributed by atoms with van der Waals surface area (Å²) in [6, 6.07) is 11.7. The maximum atomic E-state index is 12.6. The van der Waals surface area contributed by atoms with Gasteiger partial charge in [-0.25, -0.2) is 21.6 Å². The van der Waals surface area contributed by atoms with Crippen molar-refractivity contribution in [1.29, 1.82) is 0 Å². The van der Waals surface area contributed by atoms with Crippen LogP contribution in [0.4, 0.5) is 0 Å². The van der Waals surface area contributed by atoms with Crippen LogP contribution in [0.2, 0.25) is 0 Å². The van der Waals surface area contributed by atoms with E-state index in [9.17, 15) is 21.6 Å². The highest BCUT2D eigenvalue weighted by molar-refractivity contribution is 7.89. The molecule has 1 amide bonds. The largest absolute Gasteiger partial charge is 0.497 e. The number of rotatable bonds is 11. The molecule has 0 unspecified atom stereocenters. The smallest absolute Gasteiger partial charge is 0.251 e. The van der Waals surface area contributed by atoms with Crippen LogP contribution in [0.5, 0.6) is 5.75 Å². The quantitative estimate of drug-likeness (QED) is 0.480. The molecule has 0 aliphatic carbocycles. The lowest BCUT2D eigenvalue weighted by molar-refractivity contribution is 0.0954. The van der Waals surface area contributed by atoms with E-state index in [4.69, 9.17) is 4.74 Å². The zero-order valence-electron chi connectivity index (χ0n) is 17.7. The molecule has 0 heterocycles. The molecule has 2 aromatic carbocycles. The molecule has 0 aromatic heterocycles. The third-order valence-electron chi connectivity index (χ3n) is 4.51. The second kappa shape index (κ2) is 10.7. The number of benzene rings is 2. The number of amides is 1. The van der Waals surface area contributed by atoms with Gasteiger partial charge in [0.15, 0.2) is 0 Å². The van der Waals surface area contributed by atoms with Crippen LogP contribution in [0.15, 0.2) is 58.3 Å². The molecule has 0 bridgehead atoms. The van der Waals surface area contributed by atoms with Crippen LogP contribution in [0, 0.1) is 0 Å². The van der Waals surface area contributed by atoms with Crippen molar-refractivity contribution in [3.8, 4) is 5.75 Å². The fourth-order valence-corrected chi connectivity index (χ4v) is 5.35. The van der Waals surface area contributed by atoms with Crippen LogP contribution in [0.3, 0.4) is 0 Å². The predicted octanol–water partition coefficient (Wildman–Crippen LogP) is 1.43. The Morgan fingerprint density at radius 1 is 0.935 bits per heavy atom. The Labute approximate surface area is 183 Å². The minimum absolute atomic E-state index is 0.0290. The van der Waals surface area contributed by atoms with E-state index in [0.29, 0.717) is 18.8 Å². The zero-order valence-corrected chi connectivity index (χ0v) is 19.3. The lowest BCUT2D eigenvalue weighted by Gasteiger charge is -2.18. The van der Waals surface area contributed by atoms with Gasteiger partial charge >= 0.3 is 0 Å². The van der Waals surface area contributed by atoms with Gasteiger partial charge < -0.3 is 10.1 Å². The van der Waals surface area contributed by atoms with Crippen molar-refractivity contribution in [3.63, 3.8) is 0 Å². The average Bonchev–Trinajstić information content (AvgIpc) is 2.77. The highest BCUT2D eigenvalue weighted by atomic mass is 32.2. The molecule has 0 aliphatic rings. The van der Waals surface area contributed by atoms with Gasteiger partial charge in [-0.2, -0.15) is 4.31 Å². The number of nitrogens with zero attached hydrogens (tertiary/aromatic N) is 1. The Morgan fingerprint density at radius 3 is 2.16 bits per heavy atom. The van der Waals surface area contributed by atoms with E-state index >= 15 is 0 Å². The van der Waals surface area contributed by atoms with E-state index in [-0.39, 0.29) is 28.4 Å². The molecule has 0 saturated carbocycles. The van der Waals surface area contributed by atoms with Gasteiger partial charge in [0, 0.05) is 31.7 Å². The number of ether oxygens (including phenoxy) is 1. The summed E-state index contributed by atoms with van der Waals surface area (Å²) >= 11 is 0. The van der Waals surface area contributed by atoms with E-state index in [1.54, 1.807) is 13.8 Å². The Bertz CT molecular complexity index is 1100. The number of nitrogens with one attached hydrogen (secondary N) is 2. The lowest BCUT2D eigenvalue weighted by atomic mass is 10.2. The first-order valence-corrected chi connectivity index (χ1v) is 12.6. The molecular weight excluding hydrogens is 442 g/mol. The molecule has 11 heteroatoms. The maximum Gasteiger partial charge on any atom is 0.251 e. The Hall–Kier alpha value is -2.47. The Balaban J connectivity index is 1.97. The van der Waals surface area contributed by atoms with Gasteiger partial charge in [0.25, 0.3) is 5.91 Å². The van der Waals surface area contributed by atoms with E-state index in [1.807, 2.05) is 0 Å². The van der Waals surface area contributed by atoms with Gasteiger partial charge in [0.2, 0.25) is 20.0 Å². The summed E-state index contributed by atoms with van der Waals surface area (Å²) in [5.74, 6) is 0.0386. The van der Waals surface area contributed by atoms with Crippen molar-refractivity contribution in [2.24, 2.45) is 0 Å². The van der Waals surface area contributed by atoms with Crippen molar-refractivity contribution in [2.45, 2.75) is 23.6 Å². The van der Waals surface area contributed by atoms with Crippen LogP contribution in [0.1, 0.15) is 24.2 Å². The first-order valence-electron chi connectivity index (χ1n) is 9.67. The molecule has 2 aromatic rings. The average molecular weight is 470 g/mol. The van der Waals surface area contributed by atoms with Gasteiger partial charge in [-0.3, -0.25) is 4.79 Å². The summed E-state index contributed by atoms with van der Waals surface area (Å²) in [6.07, 6.45) is 0. The molecule has 0 atom stereocenters. The number of carbonyl (C=O) groups is 1. The van der Waals surface area contributed by atoms with E-state index in [0.717, 1.165) is 0 Å². The fourth-order valence-electron chi connectivity index (χ4n) is 2.81. The molecule has 31 heavy (non-hydrogen) atoms. The molecule has 0 saturated heterocycles. The summed E-state index contributed by atoms with van der Waals surface area (Å²) in [5, 5.41) is 2.58. The van der Waals surface area contributed by atoms with Crippen molar-refractivity contribution in [3.05, 3.63) is 54.1 Å². The Morgan fingerprint density at radius 2 is 1.58 bits per heavy atom. The highest BCUT2D eigenvalue weighted by Gasteiger charge is 2.22. The SMILES string of the molecule is CCN(CC)S(=O)(=O)c1cccc(C(=O)NCCNS(=O)(=O)c2ccc(OC)cc2)c1. The Kier molecular flexibility index (Phi) is 8.57. The molecule has 0 spiro atoms. The minimum Gasteiger partial charge on any atom is -0.497 e.